The van der Waals surface area contributed by atoms with Crippen molar-refractivity contribution in [3.05, 3.63) is 89.1 Å². The van der Waals surface area contributed by atoms with Crippen LogP contribution in [-0.4, -0.2) is 28.3 Å². The van der Waals surface area contributed by atoms with Gasteiger partial charge in [-0.25, -0.2) is 14.2 Å². The molecule has 7 heteroatoms. The van der Waals surface area contributed by atoms with Gasteiger partial charge < -0.3 is 19.0 Å². The first kappa shape index (κ1) is 21.0. The lowest BCUT2D eigenvalue weighted by Crippen LogP contribution is -2.15. The SMILES string of the molecule is Cc1cccc(COC2C=CC(OCc3coc(-c4ccc(F)cc4)n3)C2)c1C(=O)O. The summed E-state index contributed by atoms with van der Waals surface area (Å²) < 4.78 is 30.3. The van der Waals surface area contributed by atoms with Crippen molar-refractivity contribution in [2.24, 2.45) is 0 Å². The van der Waals surface area contributed by atoms with Gasteiger partial charge in [0.05, 0.1) is 31.0 Å². The summed E-state index contributed by atoms with van der Waals surface area (Å²) in [5.74, 6) is -0.855. The van der Waals surface area contributed by atoms with Crippen LogP contribution in [0.4, 0.5) is 4.39 Å². The van der Waals surface area contributed by atoms with Crippen molar-refractivity contribution < 1.29 is 28.2 Å². The Morgan fingerprint density at radius 3 is 2.55 bits per heavy atom. The summed E-state index contributed by atoms with van der Waals surface area (Å²) in [6.07, 6.45) is 5.73. The predicted octanol–water partition coefficient (Wildman–Crippen LogP) is 4.92. The molecule has 4 rings (SSSR count). The zero-order chi connectivity index (χ0) is 21.8. The maximum absolute atomic E-state index is 13.0. The highest BCUT2D eigenvalue weighted by Gasteiger charge is 2.22. The first-order valence-corrected chi connectivity index (χ1v) is 9.93. The van der Waals surface area contributed by atoms with Crippen LogP contribution in [0.25, 0.3) is 11.5 Å². The smallest absolute Gasteiger partial charge is 0.336 e. The lowest BCUT2D eigenvalue weighted by Gasteiger charge is -2.15. The van der Waals surface area contributed by atoms with Gasteiger partial charge in [-0.1, -0.05) is 30.4 Å². The molecule has 0 spiro atoms. The molecule has 160 valence electrons. The van der Waals surface area contributed by atoms with Crippen LogP contribution in [0, 0.1) is 12.7 Å². The van der Waals surface area contributed by atoms with Gasteiger partial charge in [-0.05, 0) is 42.3 Å². The molecule has 1 aliphatic carbocycles. The number of carboxylic acid groups (broad SMARTS) is 1. The minimum atomic E-state index is -0.951. The number of carbonyl (C=O) groups is 1. The van der Waals surface area contributed by atoms with E-state index in [0.29, 0.717) is 40.3 Å². The van der Waals surface area contributed by atoms with Crippen molar-refractivity contribution in [3.63, 3.8) is 0 Å². The van der Waals surface area contributed by atoms with E-state index in [9.17, 15) is 14.3 Å². The summed E-state index contributed by atoms with van der Waals surface area (Å²) in [6.45, 7) is 2.26. The highest BCUT2D eigenvalue weighted by Crippen LogP contribution is 2.23. The van der Waals surface area contributed by atoms with Crippen LogP contribution in [0.3, 0.4) is 0 Å². The highest BCUT2D eigenvalue weighted by atomic mass is 19.1. The summed E-state index contributed by atoms with van der Waals surface area (Å²) in [5, 5.41) is 9.43. The number of aromatic carboxylic acids is 1. The molecule has 1 heterocycles. The fourth-order valence-corrected chi connectivity index (χ4v) is 3.52. The Bertz CT molecular complexity index is 1090. The Labute approximate surface area is 178 Å². The number of aromatic nitrogens is 1. The molecule has 1 aliphatic rings. The molecule has 3 aromatic rings. The minimum Gasteiger partial charge on any atom is -0.478 e. The first-order valence-electron chi connectivity index (χ1n) is 9.93. The Morgan fingerprint density at radius 1 is 1.13 bits per heavy atom. The molecule has 0 radical (unpaired) electrons. The maximum Gasteiger partial charge on any atom is 0.336 e. The number of nitrogens with zero attached hydrogens (tertiary/aromatic N) is 1. The summed E-state index contributed by atoms with van der Waals surface area (Å²) in [6, 6.07) is 11.3. The van der Waals surface area contributed by atoms with Gasteiger partial charge in [0.2, 0.25) is 5.89 Å². The minimum absolute atomic E-state index is 0.132. The van der Waals surface area contributed by atoms with Gasteiger partial charge in [-0.15, -0.1) is 0 Å². The number of benzene rings is 2. The molecule has 2 atom stereocenters. The average molecular weight is 423 g/mol. The largest absolute Gasteiger partial charge is 0.478 e. The quantitative estimate of drug-likeness (QED) is 0.518. The van der Waals surface area contributed by atoms with E-state index in [-0.39, 0.29) is 31.2 Å². The summed E-state index contributed by atoms with van der Waals surface area (Å²) >= 11 is 0. The number of halogens is 1. The molecule has 31 heavy (non-hydrogen) atoms. The molecule has 2 aromatic carbocycles. The number of rotatable bonds is 8. The van der Waals surface area contributed by atoms with Crippen LogP contribution in [0.5, 0.6) is 0 Å². The van der Waals surface area contributed by atoms with E-state index in [4.69, 9.17) is 13.9 Å². The second-order valence-electron chi connectivity index (χ2n) is 7.38. The Morgan fingerprint density at radius 2 is 1.84 bits per heavy atom. The third-order valence-corrected chi connectivity index (χ3v) is 5.12. The molecule has 2 unspecified atom stereocenters. The van der Waals surface area contributed by atoms with Gasteiger partial charge >= 0.3 is 5.97 Å². The van der Waals surface area contributed by atoms with Crippen molar-refractivity contribution in [3.8, 4) is 11.5 Å². The summed E-state index contributed by atoms with van der Waals surface area (Å²) in [4.78, 5) is 15.9. The molecular formula is C24H22FNO5. The van der Waals surface area contributed by atoms with Crippen molar-refractivity contribution >= 4 is 5.97 Å². The van der Waals surface area contributed by atoms with E-state index in [1.54, 1.807) is 31.2 Å². The molecule has 0 bridgehead atoms. The molecule has 0 saturated heterocycles. The van der Waals surface area contributed by atoms with E-state index in [1.807, 2.05) is 18.2 Å². The molecule has 0 amide bonds. The number of hydrogen-bond donors (Lipinski definition) is 1. The number of aryl methyl sites for hydroxylation is 1. The predicted molar refractivity (Wildman–Crippen MR) is 111 cm³/mol. The monoisotopic (exact) mass is 423 g/mol. The van der Waals surface area contributed by atoms with E-state index in [2.05, 4.69) is 4.98 Å². The summed E-state index contributed by atoms with van der Waals surface area (Å²) in [7, 11) is 0. The van der Waals surface area contributed by atoms with E-state index in [0.717, 1.165) is 0 Å². The zero-order valence-corrected chi connectivity index (χ0v) is 17.0. The Hall–Kier alpha value is -3.29. The van der Waals surface area contributed by atoms with Gasteiger partial charge in [0.25, 0.3) is 0 Å². The zero-order valence-electron chi connectivity index (χ0n) is 17.0. The molecule has 0 aliphatic heterocycles. The standard InChI is InChI=1S/C24H22FNO5/c1-15-3-2-4-17(22(15)24(27)28)12-29-20-9-10-21(11-20)30-13-19-14-31-23(26-19)16-5-7-18(25)8-6-16/h2-10,14,20-21H,11-13H2,1H3,(H,27,28). The normalized spacial score (nSPS) is 17.9. The average Bonchev–Trinajstić information content (AvgIpc) is 3.40. The third kappa shape index (κ3) is 5.07. The molecule has 1 aromatic heterocycles. The lowest BCUT2D eigenvalue weighted by atomic mass is 10.0. The van der Waals surface area contributed by atoms with Gasteiger partial charge in [0, 0.05) is 12.0 Å². The molecule has 1 N–H and O–H groups in total. The van der Waals surface area contributed by atoms with Crippen LogP contribution in [0.15, 0.2) is 65.3 Å². The Balaban J connectivity index is 1.27. The van der Waals surface area contributed by atoms with Crippen molar-refractivity contribution in [2.75, 3.05) is 0 Å². The van der Waals surface area contributed by atoms with Crippen molar-refractivity contribution in [2.45, 2.75) is 38.8 Å². The maximum atomic E-state index is 13.0. The van der Waals surface area contributed by atoms with E-state index < -0.39 is 5.97 Å². The Kier molecular flexibility index (Phi) is 6.25. The van der Waals surface area contributed by atoms with Gasteiger partial charge in [-0.3, -0.25) is 0 Å². The fraction of sp³-hybridized carbons (Fsp3) is 0.250. The van der Waals surface area contributed by atoms with Gasteiger partial charge in [0.1, 0.15) is 17.8 Å². The van der Waals surface area contributed by atoms with E-state index in [1.165, 1.54) is 18.4 Å². The van der Waals surface area contributed by atoms with E-state index >= 15 is 0 Å². The lowest BCUT2D eigenvalue weighted by molar-refractivity contribution is 0.0186. The topological polar surface area (TPSA) is 81.8 Å². The van der Waals surface area contributed by atoms with Gasteiger partial charge in [-0.2, -0.15) is 0 Å². The van der Waals surface area contributed by atoms with Crippen LogP contribution in [0.2, 0.25) is 0 Å². The second kappa shape index (κ2) is 9.24. The van der Waals surface area contributed by atoms with Crippen LogP contribution in [-0.2, 0) is 22.7 Å². The second-order valence-corrected chi connectivity index (χ2v) is 7.38. The summed E-state index contributed by atoms with van der Waals surface area (Å²) in [5.41, 5.74) is 2.99. The molecular weight excluding hydrogens is 401 g/mol. The van der Waals surface area contributed by atoms with Crippen molar-refractivity contribution in [1.29, 1.82) is 0 Å². The van der Waals surface area contributed by atoms with Gasteiger partial charge in [0.15, 0.2) is 0 Å². The number of ether oxygens (including phenoxy) is 2. The number of carboxylic acids is 1. The third-order valence-electron chi connectivity index (χ3n) is 5.12. The highest BCUT2D eigenvalue weighted by molar-refractivity contribution is 5.91. The number of hydrogen-bond acceptors (Lipinski definition) is 5. The van der Waals surface area contributed by atoms with Crippen LogP contribution in [0.1, 0.15) is 33.6 Å². The van der Waals surface area contributed by atoms with Crippen LogP contribution < -0.4 is 0 Å². The molecule has 0 fully saturated rings. The number of oxazole rings is 1. The fourth-order valence-electron chi connectivity index (χ4n) is 3.52. The molecule has 0 saturated carbocycles. The first-order chi connectivity index (χ1) is 15.0. The molecule has 6 nitrogen and oxygen atoms in total. The van der Waals surface area contributed by atoms with Crippen LogP contribution >= 0.6 is 0 Å². The van der Waals surface area contributed by atoms with Crippen molar-refractivity contribution in [1.82, 2.24) is 4.98 Å².